The Hall–Kier alpha value is -2.11. The molecule has 1 saturated heterocycles. The van der Waals surface area contributed by atoms with E-state index in [-0.39, 0.29) is 23.4 Å². The molecule has 0 radical (unpaired) electrons. The highest BCUT2D eigenvalue weighted by Crippen LogP contribution is 2.50. The Kier molecular flexibility index (Phi) is 4.00. The van der Waals surface area contributed by atoms with Crippen molar-refractivity contribution in [3.05, 3.63) is 30.1 Å². The number of pyridine rings is 1. The van der Waals surface area contributed by atoms with Crippen molar-refractivity contribution >= 4 is 11.9 Å². The number of nitrogens with one attached hydrogen (secondary N) is 2. The molecule has 1 aliphatic carbocycles. The highest BCUT2D eigenvalue weighted by molar-refractivity contribution is 5.91. The van der Waals surface area contributed by atoms with E-state index in [9.17, 15) is 9.59 Å². The third kappa shape index (κ3) is 2.65. The minimum atomic E-state index is -0.349. The van der Waals surface area contributed by atoms with Gasteiger partial charge >= 0.3 is 6.03 Å². The predicted octanol–water partition coefficient (Wildman–Crippen LogP) is 1.03. The number of rotatable bonds is 4. The summed E-state index contributed by atoms with van der Waals surface area (Å²) in [5.41, 5.74) is 0.718. The Balaban J connectivity index is 1.70. The minimum Gasteiger partial charge on any atom is -0.341 e. The number of hydrogen-bond donors (Lipinski definition) is 2. The standard InChI is InChI=1S/C16H22N4O2/c1-17-15(22)19-11-13-3-2-10-20(13)14(21)16(6-7-16)12-4-8-18-9-5-12/h4-5,8-9,13H,2-3,6-7,10-11H2,1H3,(H2,17,19,22). The average Bonchev–Trinajstić information content (AvgIpc) is 3.25. The summed E-state index contributed by atoms with van der Waals surface area (Å²) in [4.78, 5) is 30.4. The Morgan fingerprint density at radius 1 is 1.36 bits per heavy atom. The molecule has 1 aromatic rings. The van der Waals surface area contributed by atoms with Crippen LogP contribution in [-0.4, -0.2) is 48.0 Å². The predicted molar refractivity (Wildman–Crippen MR) is 82.3 cm³/mol. The first-order valence-electron chi connectivity index (χ1n) is 7.84. The molecule has 1 unspecified atom stereocenters. The van der Waals surface area contributed by atoms with Crippen molar-refractivity contribution in [3.8, 4) is 0 Å². The lowest BCUT2D eigenvalue weighted by atomic mass is 9.95. The zero-order valence-corrected chi connectivity index (χ0v) is 12.8. The molecule has 118 valence electrons. The molecule has 6 nitrogen and oxygen atoms in total. The van der Waals surface area contributed by atoms with Gasteiger partial charge in [0.05, 0.1) is 5.41 Å². The molecule has 22 heavy (non-hydrogen) atoms. The van der Waals surface area contributed by atoms with E-state index in [0.717, 1.165) is 37.8 Å². The van der Waals surface area contributed by atoms with Crippen molar-refractivity contribution in [2.75, 3.05) is 20.1 Å². The van der Waals surface area contributed by atoms with Crippen LogP contribution in [0.5, 0.6) is 0 Å². The van der Waals surface area contributed by atoms with Crippen LogP contribution in [0.1, 0.15) is 31.2 Å². The summed E-state index contributed by atoms with van der Waals surface area (Å²) in [6.07, 6.45) is 7.25. The number of hydrogen-bond acceptors (Lipinski definition) is 3. The fourth-order valence-electron chi connectivity index (χ4n) is 3.31. The lowest BCUT2D eigenvalue weighted by Gasteiger charge is -2.29. The number of aromatic nitrogens is 1. The lowest BCUT2D eigenvalue weighted by Crippen LogP contribution is -2.48. The largest absolute Gasteiger partial charge is 0.341 e. The molecule has 0 bridgehead atoms. The van der Waals surface area contributed by atoms with Gasteiger partial charge in [-0.1, -0.05) is 0 Å². The SMILES string of the molecule is CNC(=O)NCC1CCCN1C(=O)C1(c2ccncc2)CC1. The maximum atomic E-state index is 13.0. The zero-order valence-electron chi connectivity index (χ0n) is 12.8. The summed E-state index contributed by atoms with van der Waals surface area (Å²) in [5.74, 6) is 0.208. The monoisotopic (exact) mass is 302 g/mol. The van der Waals surface area contributed by atoms with Crippen molar-refractivity contribution in [2.24, 2.45) is 0 Å². The highest BCUT2D eigenvalue weighted by atomic mass is 16.2. The van der Waals surface area contributed by atoms with Crippen molar-refractivity contribution < 1.29 is 9.59 Å². The molecule has 1 atom stereocenters. The fourth-order valence-corrected chi connectivity index (χ4v) is 3.31. The number of urea groups is 1. The van der Waals surface area contributed by atoms with Gasteiger partial charge in [0.1, 0.15) is 0 Å². The summed E-state index contributed by atoms with van der Waals surface area (Å²) in [6.45, 7) is 1.30. The van der Waals surface area contributed by atoms with Crippen LogP contribution in [0.15, 0.2) is 24.5 Å². The van der Waals surface area contributed by atoms with Gasteiger partial charge in [-0.25, -0.2) is 4.79 Å². The fraction of sp³-hybridized carbons (Fsp3) is 0.562. The van der Waals surface area contributed by atoms with Crippen molar-refractivity contribution in [1.29, 1.82) is 0 Å². The number of nitrogens with zero attached hydrogens (tertiary/aromatic N) is 2. The highest BCUT2D eigenvalue weighted by Gasteiger charge is 2.54. The Morgan fingerprint density at radius 2 is 2.09 bits per heavy atom. The van der Waals surface area contributed by atoms with Crippen LogP contribution < -0.4 is 10.6 Å². The molecular formula is C16H22N4O2. The summed E-state index contributed by atoms with van der Waals surface area (Å²) < 4.78 is 0. The first kappa shape index (κ1) is 14.8. The second kappa shape index (κ2) is 5.94. The van der Waals surface area contributed by atoms with Crippen molar-refractivity contribution in [3.63, 3.8) is 0 Å². The van der Waals surface area contributed by atoms with Crippen LogP contribution in [-0.2, 0) is 10.2 Å². The van der Waals surface area contributed by atoms with E-state index in [1.54, 1.807) is 19.4 Å². The van der Waals surface area contributed by atoms with E-state index in [0.29, 0.717) is 6.54 Å². The van der Waals surface area contributed by atoms with E-state index in [1.807, 2.05) is 17.0 Å². The van der Waals surface area contributed by atoms with Crippen molar-refractivity contribution in [1.82, 2.24) is 20.5 Å². The zero-order chi connectivity index (χ0) is 15.6. The average molecular weight is 302 g/mol. The van der Waals surface area contributed by atoms with Gasteiger partial charge in [-0.2, -0.15) is 0 Å². The molecule has 2 N–H and O–H groups in total. The summed E-state index contributed by atoms with van der Waals surface area (Å²) in [7, 11) is 1.59. The third-order valence-corrected chi connectivity index (χ3v) is 4.76. The van der Waals surface area contributed by atoms with E-state index in [1.165, 1.54) is 0 Å². The van der Waals surface area contributed by atoms with Crippen LogP contribution in [0.25, 0.3) is 0 Å². The summed E-state index contributed by atoms with van der Waals surface area (Å²) in [6, 6.07) is 3.79. The van der Waals surface area contributed by atoms with Crippen LogP contribution >= 0.6 is 0 Å². The molecule has 1 saturated carbocycles. The summed E-state index contributed by atoms with van der Waals surface area (Å²) >= 11 is 0. The minimum absolute atomic E-state index is 0.101. The van der Waals surface area contributed by atoms with Crippen LogP contribution in [0.2, 0.25) is 0 Å². The first-order valence-corrected chi connectivity index (χ1v) is 7.84. The molecule has 2 heterocycles. The molecule has 1 aromatic heterocycles. The molecule has 0 spiro atoms. The molecule has 3 amide bonds. The second-order valence-electron chi connectivity index (χ2n) is 6.07. The van der Waals surface area contributed by atoms with Gasteiger partial charge in [0.2, 0.25) is 5.91 Å². The first-order chi connectivity index (χ1) is 10.7. The summed E-state index contributed by atoms with van der Waals surface area (Å²) in [5, 5.41) is 5.36. The van der Waals surface area contributed by atoms with Crippen LogP contribution in [0.3, 0.4) is 0 Å². The van der Waals surface area contributed by atoms with Crippen LogP contribution in [0, 0.1) is 0 Å². The van der Waals surface area contributed by atoms with E-state index in [2.05, 4.69) is 15.6 Å². The third-order valence-electron chi connectivity index (χ3n) is 4.76. The molecule has 2 aliphatic rings. The van der Waals surface area contributed by atoms with Crippen LogP contribution in [0.4, 0.5) is 4.79 Å². The topological polar surface area (TPSA) is 74.3 Å². The number of amides is 3. The van der Waals surface area contributed by atoms with Gasteiger partial charge in [-0.15, -0.1) is 0 Å². The molecular weight excluding hydrogens is 280 g/mol. The molecule has 0 aromatic carbocycles. The number of carbonyl (C=O) groups is 2. The molecule has 1 aliphatic heterocycles. The van der Waals surface area contributed by atoms with Gasteiger partial charge in [0.15, 0.2) is 0 Å². The Labute approximate surface area is 130 Å². The van der Waals surface area contributed by atoms with Gasteiger partial charge in [0, 0.05) is 38.6 Å². The number of likely N-dealkylation sites (tertiary alicyclic amines) is 1. The van der Waals surface area contributed by atoms with E-state index in [4.69, 9.17) is 0 Å². The molecule has 3 rings (SSSR count). The van der Waals surface area contributed by atoms with Gasteiger partial charge < -0.3 is 15.5 Å². The maximum absolute atomic E-state index is 13.0. The maximum Gasteiger partial charge on any atom is 0.314 e. The lowest BCUT2D eigenvalue weighted by molar-refractivity contribution is -0.134. The Morgan fingerprint density at radius 3 is 2.73 bits per heavy atom. The second-order valence-corrected chi connectivity index (χ2v) is 6.07. The molecule has 2 fully saturated rings. The number of carbonyl (C=O) groups excluding carboxylic acids is 2. The van der Waals surface area contributed by atoms with Gasteiger partial charge in [-0.05, 0) is 43.4 Å². The van der Waals surface area contributed by atoms with Gasteiger partial charge in [-0.3, -0.25) is 9.78 Å². The smallest absolute Gasteiger partial charge is 0.314 e. The van der Waals surface area contributed by atoms with E-state index < -0.39 is 0 Å². The van der Waals surface area contributed by atoms with Gasteiger partial charge in [0.25, 0.3) is 0 Å². The molecule has 6 heteroatoms. The van der Waals surface area contributed by atoms with E-state index >= 15 is 0 Å². The quantitative estimate of drug-likeness (QED) is 0.872. The normalized spacial score (nSPS) is 22.2. The Bertz CT molecular complexity index is 557. The van der Waals surface area contributed by atoms with Crippen molar-refractivity contribution in [2.45, 2.75) is 37.1 Å².